The maximum absolute atomic E-state index is 13.9. The Hall–Kier alpha value is -2.66. The molecule has 2 saturated carbocycles. The van der Waals surface area contributed by atoms with Crippen molar-refractivity contribution < 1.29 is 34.5 Å². The van der Waals surface area contributed by atoms with E-state index < -0.39 is 64.7 Å². The Morgan fingerprint density at radius 2 is 1.87 bits per heavy atom. The first-order valence-electron chi connectivity index (χ1n) is 13.3. The van der Waals surface area contributed by atoms with Gasteiger partial charge in [-0.2, -0.15) is 0 Å². The largest absolute Gasteiger partial charge is 0.507 e. The third-order valence-electron chi connectivity index (χ3n) is 8.71. The van der Waals surface area contributed by atoms with Crippen LogP contribution in [0.2, 0.25) is 0 Å². The minimum absolute atomic E-state index is 0.0706. The molecule has 0 spiro atoms. The summed E-state index contributed by atoms with van der Waals surface area (Å²) in [4.78, 5) is 55.0. The van der Waals surface area contributed by atoms with Gasteiger partial charge in [-0.05, 0) is 62.9 Å². The summed E-state index contributed by atoms with van der Waals surface area (Å²) in [7, 11) is 3.25. The number of hydrogen-bond acceptors (Lipinski definition) is 9. The van der Waals surface area contributed by atoms with Gasteiger partial charge < -0.3 is 31.3 Å². The zero-order chi connectivity index (χ0) is 28.3. The molecular weight excluding hydrogens is 490 g/mol. The molecule has 0 saturated heterocycles. The predicted molar refractivity (Wildman–Crippen MR) is 138 cm³/mol. The van der Waals surface area contributed by atoms with E-state index in [0.29, 0.717) is 43.0 Å². The van der Waals surface area contributed by atoms with E-state index in [1.54, 1.807) is 19.0 Å². The number of carbonyl (C=O) groups is 4. The molecule has 1 aromatic carbocycles. The molecule has 0 aromatic heterocycles. The van der Waals surface area contributed by atoms with Gasteiger partial charge in [0.15, 0.2) is 23.0 Å². The second kappa shape index (κ2) is 10.1. The van der Waals surface area contributed by atoms with Gasteiger partial charge in [0.1, 0.15) is 11.7 Å². The number of aliphatic hydroxyl groups is 2. The Morgan fingerprint density at radius 3 is 2.42 bits per heavy atom. The third kappa shape index (κ3) is 4.18. The summed E-state index contributed by atoms with van der Waals surface area (Å²) in [6.07, 6.45) is -0.475. The fourth-order valence-corrected chi connectivity index (χ4v) is 6.97. The van der Waals surface area contributed by atoms with Crippen LogP contribution in [0.5, 0.6) is 5.75 Å². The number of aromatic hydroxyl groups is 1. The number of rotatable bonds is 7. The van der Waals surface area contributed by atoms with Crippen molar-refractivity contribution >= 4 is 23.3 Å². The topological polar surface area (TPSA) is 170 Å². The van der Waals surface area contributed by atoms with E-state index in [0.717, 1.165) is 5.56 Å². The van der Waals surface area contributed by atoms with E-state index in [1.807, 2.05) is 13.0 Å². The maximum atomic E-state index is 13.9. The molecule has 0 bridgehead atoms. The number of benzene rings is 1. The van der Waals surface area contributed by atoms with Gasteiger partial charge in [-0.15, -0.1) is 0 Å². The van der Waals surface area contributed by atoms with Crippen LogP contribution in [0.15, 0.2) is 6.07 Å². The number of nitrogens with zero attached hydrogens (tertiary/aromatic N) is 1. The first-order chi connectivity index (χ1) is 17.8. The average molecular weight is 530 g/mol. The first-order valence-corrected chi connectivity index (χ1v) is 13.3. The van der Waals surface area contributed by atoms with E-state index in [1.165, 1.54) is 0 Å². The highest BCUT2D eigenvalue weighted by Gasteiger charge is 2.69. The van der Waals surface area contributed by atoms with Gasteiger partial charge >= 0.3 is 0 Å². The predicted octanol–water partition coefficient (Wildman–Crippen LogP) is -0.0332. The molecule has 1 amide bonds. The van der Waals surface area contributed by atoms with Crippen LogP contribution >= 0.6 is 0 Å². The number of nitrogens with two attached hydrogens (primary N) is 1. The Kier molecular flexibility index (Phi) is 7.57. The molecule has 38 heavy (non-hydrogen) atoms. The fourth-order valence-electron chi connectivity index (χ4n) is 6.97. The molecular formula is C28H39N3O7. The molecule has 6 N–H and O–H groups in total. The van der Waals surface area contributed by atoms with Crippen LogP contribution in [0, 0.1) is 29.6 Å². The molecule has 4 rings (SSSR count). The molecule has 2 fully saturated rings. The number of carbonyl (C=O) groups excluding carboxylic acids is 4. The van der Waals surface area contributed by atoms with Crippen LogP contribution in [0.1, 0.15) is 54.2 Å². The van der Waals surface area contributed by atoms with Gasteiger partial charge in [0.05, 0.1) is 17.6 Å². The number of nitrogens with one attached hydrogen (secondary N) is 1. The quantitative estimate of drug-likeness (QED) is 0.304. The summed E-state index contributed by atoms with van der Waals surface area (Å²) in [6.45, 7) is 7.13. The first kappa shape index (κ1) is 28.4. The Morgan fingerprint density at radius 1 is 1.21 bits per heavy atom. The smallest absolute Gasteiger partial charge is 0.230 e. The Labute approximate surface area is 222 Å². The lowest BCUT2D eigenvalue weighted by molar-refractivity contribution is -0.190. The molecule has 10 nitrogen and oxygen atoms in total. The lowest BCUT2D eigenvalue weighted by atomic mass is 9.52. The highest BCUT2D eigenvalue weighted by molar-refractivity contribution is 6.25. The molecule has 3 unspecified atom stereocenters. The number of likely N-dealkylation sites (N-methyl/N-ethyl adjacent to an activating group) is 1. The fraction of sp³-hybridized carbons (Fsp3) is 0.643. The Bertz CT molecular complexity index is 1180. The summed E-state index contributed by atoms with van der Waals surface area (Å²) in [5.41, 5.74) is 4.97. The van der Waals surface area contributed by atoms with Crippen molar-refractivity contribution in [2.24, 2.45) is 35.3 Å². The van der Waals surface area contributed by atoms with Crippen LogP contribution in [0.4, 0.5) is 0 Å². The Balaban J connectivity index is 1.81. The summed E-state index contributed by atoms with van der Waals surface area (Å²) < 4.78 is 0. The number of primary amides is 1. The van der Waals surface area contributed by atoms with Crippen LogP contribution in [0.25, 0.3) is 0 Å². The van der Waals surface area contributed by atoms with Crippen LogP contribution in [0.3, 0.4) is 0 Å². The third-order valence-corrected chi connectivity index (χ3v) is 8.71. The summed E-state index contributed by atoms with van der Waals surface area (Å²) >= 11 is 0. The van der Waals surface area contributed by atoms with Gasteiger partial charge in [0.25, 0.3) is 0 Å². The van der Waals surface area contributed by atoms with Crippen molar-refractivity contribution in [2.75, 3.05) is 20.6 Å². The maximum Gasteiger partial charge on any atom is 0.230 e. The van der Waals surface area contributed by atoms with Gasteiger partial charge in [0, 0.05) is 24.1 Å². The normalized spacial score (nSPS) is 32.8. The van der Waals surface area contributed by atoms with Crippen molar-refractivity contribution in [1.82, 2.24) is 10.2 Å². The summed E-state index contributed by atoms with van der Waals surface area (Å²) in [5.74, 6) is -8.40. The molecule has 0 radical (unpaired) electrons. The van der Waals surface area contributed by atoms with Gasteiger partial charge in [-0.3, -0.25) is 19.2 Å². The van der Waals surface area contributed by atoms with Crippen LogP contribution < -0.4 is 11.1 Å². The van der Waals surface area contributed by atoms with Gasteiger partial charge in [-0.1, -0.05) is 26.8 Å². The molecule has 3 aliphatic carbocycles. The van der Waals surface area contributed by atoms with E-state index in [9.17, 15) is 34.5 Å². The SMILES string of the molecule is CCc1cc(CNCC(C)C)c(O)c2c1C[C@@H]1C[C@@H]3[C@@H](N(C)C)C(O)C(C(N)=O)C(=O)[C@]3(O)C(=O)C1C2=O. The highest BCUT2D eigenvalue weighted by Crippen LogP contribution is 2.52. The van der Waals surface area contributed by atoms with Crippen LogP contribution in [-0.2, 0) is 33.8 Å². The number of aliphatic hydroxyl groups excluding tert-OH is 1. The van der Waals surface area contributed by atoms with Crippen molar-refractivity contribution in [3.63, 3.8) is 0 Å². The highest BCUT2D eigenvalue weighted by atomic mass is 16.3. The number of Topliss-reactive ketones (excluding diaryl/α,β-unsaturated/α-hetero) is 3. The van der Waals surface area contributed by atoms with Crippen molar-refractivity contribution in [1.29, 1.82) is 0 Å². The van der Waals surface area contributed by atoms with E-state index >= 15 is 0 Å². The second-order valence-electron chi connectivity index (χ2n) is 11.7. The number of ketones is 3. The number of hydrogen-bond donors (Lipinski definition) is 5. The zero-order valence-electron chi connectivity index (χ0n) is 22.7. The number of amides is 1. The minimum atomic E-state index is -2.65. The van der Waals surface area contributed by atoms with Crippen molar-refractivity contribution in [3.8, 4) is 5.75 Å². The van der Waals surface area contributed by atoms with E-state index in [4.69, 9.17) is 5.73 Å². The number of phenolic OH excluding ortho intramolecular Hbond substituents is 1. The standard InChI is InChI=1S/C28H39N3O7/c1-6-13-7-15(11-30-10-12(2)3)22(32)19-16(13)8-14-9-17-21(31(4)5)24(34)20(27(29)37)26(36)28(17,38)25(35)18(14)23(19)33/h7,12,14,17-18,20-21,24,30,32,34,38H,6,8-11H2,1-5H3,(H2,29,37)/t14-,17-,18?,20?,21-,24?,28-/m1/s1. The number of fused-ring (bicyclic) bond motifs is 3. The minimum Gasteiger partial charge on any atom is -0.507 e. The molecule has 10 heteroatoms. The van der Waals surface area contributed by atoms with Crippen LogP contribution in [-0.4, -0.2) is 81.9 Å². The van der Waals surface area contributed by atoms with Gasteiger partial charge in [0.2, 0.25) is 5.91 Å². The van der Waals surface area contributed by atoms with E-state index in [-0.39, 0.29) is 17.7 Å². The lowest BCUT2D eigenvalue weighted by Crippen LogP contribution is -2.75. The molecule has 1 aromatic rings. The molecule has 3 aliphatic rings. The van der Waals surface area contributed by atoms with E-state index in [2.05, 4.69) is 19.2 Å². The average Bonchev–Trinajstić information content (AvgIpc) is 2.82. The van der Waals surface area contributed by atoms with Crippen molar-refractivity contribution in [2.45, 2.75) is 64.3 Å². The molecule has 208 valence electrons. The molecule has 7 atom stereocenters. The summed E-state index contributed by atoms with van der Waals surface area (Å²) in [6, 6.07) is 0.981. The van der Waals surface area contributed by atoms with Crippen molar-refractivity contribution in [3.05, 3.63) is 28.3 Å². The molecule has 0 aliphatic heterocycles. The lowest BCUT2D eigenvalue weighted by Gasteiger charge is -2.55. The zero-order valence-corrected chi connectivity index (χ0v) is 22.7. The van der Waals surface area contributed by atoms with Gasteiger partial charge in [-0.25, -0.2) is 0 Å². The molecule has 0 heterocycles. The number of aryl methyl sites for hydroxylation is 1. The number of phenols is 1. The second-order valence-corrected chi connectivity index (χ2v) is 11.7. The summed E-state index contributed by atoms with van der Waals surface area (Å²) in [5, 5.41) is 37.1. The monoisotopic (exact) mass is 529 g/mol.